The third kappa shape index (κ3) is 81.6. The molecule has 19 heteroatoms. The maximum absolute atomic E-state index is 13.2. The second-order valence-electron chi connectivity index (χ2n) is 34.3. The van der Waals surface area contributed by atoms with Gasteiger partial charge in [0, 0.05) is 25.7 Å². The van der Waals surface area contributed by atoms with E-state index in [9.17, 15) is 43.2 Å². The SMILES string of the molecule is CCC(C)CCCCCCCCCCCCCCCCCCCCC(=O)OC[C@H](COP(=O)(O)OC[C@@H](O)COP(=O)(O)OC[C@@H](COC(=O)CCCCCCCCC(C)CC)OC(=O)CCCCCCCCCCCCCCCCC(C)CC)OC(=O)CCCCCCCCCCCCCCCCCCCCC(C)C. The largest absolute Gasteiger partial charge is 0.472 e. The van der Waals surface area contributed by atoms with Crippen LogP contribution in [-0.4, -0.2) is 96.7 Å². The molecule has 0 aromatic carbocycles. The Bertz CT molecular complexity index is 2150. The lowest BCUT2D eigenvalue weighted by Crippen LogP contribution is -2.30. The van der Waals surface area contributed by atoms with Gasteiger partial charge in [-0.1, -0.05) is 434 Å². The molecule has 0 fully saturated rings. The molecule has 0 saturated carbocycles. The molecule has 0 amide bonds. The molecule has 0 saturated heterocycles. The molecule has 8 atom stereocenters. The Balaban J connectivity index is 5.22. The van der Waals surface area contributed by atoms with E-state index in [2.05, 4.69) is 55.4 Å². The Morgan fingerprint density at radius 3 is 0.640 bits per heavy atom. The summed E-state index contributed by atoms with van der Waals surface area (Å²) in [4.78, 5) is 73.4. The minimum atomic E-state index is -4.97. The lowest BCUT2D eigenvalue weighted by atomic mass is 9.99. The van der Waals surface area contributed by atoms with Crippen molar-refractivity contribution < 1.29 is 80.2 Å². The monoisotopic (exact) mass is 1620 g/mol. The standard InChI is InChI=1S/C92H180O17P2/c1-9-83(6)69-61-53-45-39-33-27-21-17-13-15-18-22-29-35-41-47-56-64-72-89(94)102-78-87(108-91(96)74-66-58-48-42-36-30-23-19-14-12-16-20-26-32-38-44-52-60-68-82(4)5)80-106-110(98,99)104-76-86(93)77-105-111(100,101)107-81-88(79-103-90(95)73-65-57-51-50-55-63-71-85(8)11-3)109-92(97)75-67-59-49-43-37-31-25-24-28-34-40-46-54-62-70-84(7)10-2/h82-88,93H,9-81H2,1-8H3,(H,98,99)(H,100,101)/t83?,84?,85?,86-,87-,88-/m1/s1. The Morgan fingerprint density at radius 2 is 0.432 bits per heavy atom. The van der Waals surface area contributed by atoms with Gasteiger partial charge >= 0.3 is 39.5 Å². The molecule has 5 unspecified atom stereocenters. The van der Waals surface area contributed by atoms with E-state index in [-0.39, 0.29) is 25.7 Å². The minimum absolute atomic E-state index is 0.107. The first-order chi connectivity index (χ1) is 53.7. The molecule has 660 valence electrons. The average molecular weight is 1620 g/mol. The highest BCUT2D eigenvalue weighted by molar-refractivity contribution is 7.47. The highest BCUT2D eigenvalue weighted by Crippen LogP contribution is 2.45. The van der Waals surface area contributed by atoms with Crippen LogP contribution >= 0.6 is 15.6 Å². The number of aliphatic hydroxyl groups excluding tert-OH is 1. The van der Waals surface area contributed by atoms with Crippen molar-refractivity contribution in [2.24, 2.45) is 23.7 Å². The molecular weight excluding hydrogens is 1440 g/mol. The van der Waals surface area contributed by atoms with Gasteiger partial charge in [0.1, 0.15) is 19.3 Å². The zero-order valence-corrected chi connectivity index (χ0v) is 75.4. The molecule has 0 radical (unpaired) electrons. The molecule has 0 heterocycles. The van der Waals surface area contributed by atoms with Gasteiger partial charge in [-0.25, -0.2) is 9.13 Å². The Hall–Kier alpha value is -1.94. The van der Waals surface area contributed by atoms with Gasteiger partial charge in [0.2, 0.25) is 0 Å². The van der Waals surface area contributed by atoms with Crippen LogP contribution in [0.4, 0.5) is 0 Å². The van der Waals surface area contributed by atoms with Crippen molar-refractivity contribution in [2.45, 2.75) is 504 Å². The van der Waals surface area contributed by atoms with E-state index in [1.54, 1.807) is 0 Å². The van der Waals surface area contributed by atoms with E-state index in [1.807, 2.05) is 0 Å². The highest BCUT2D eigenvalue weighted by Gasteiger charge is 2.31. The average Bonchev–Trinajstić information content (AvgIpc) is 0.899. The fourth-order valence-corrected chi connectivity index (χ4v) is 15.9. The molecular formula is C92H180O17P2. The van der Waals surface area contributed by atoms with Gasteiger partial charge in [0.05, 0.1) is 26.4 Å². The van der Waals surface area contributed by atoms with Crippen LogP contribution in [0.5, 0.6) is 0 Å². The van der Waals surface area contributed by atoms with Crippen LogP contribution in [0.25, 0.3) is 0 Å². The number of unbranched alkanes of at least 4 members (excludes halogenated alkanes) is 52. The number of phosphoric ester groups is 2. The van der Waals surface area contributed by atoms with E-state index in [1.165, 1.54) is 283 Å². The molecule has 3 N–H and O–H groups in total. The predicted octanol–water partition coefficient (Wildman–Crippen LogP) is 28.3. The maximum Gasteiger partial charge on any atom is 0.472 e. The van der Waals surface area contributed by atoms with Crippen molar-refractivity contribution in [3.05, 3.63) is 0 Å². The van der Waals surface area contributed by atoms with Crippen molar-refractivity contribution in [3.8, 4) is 0 Å². The third-order valence-electron chi connectivity index (χ3n) is 22.7. The summed E-state index contributed by atoms with van der Waals surface area (Å²) in [7, 11) is -9.94. The topological polar surface area (TPSA) is 237 Å². The first kappa shape index (κ1) is 109. The number of phosphoric acid groups is 2. The summed E-state index contributed by atoms with van der Waals surface area (Å²) in [6.45, 7) is 14.4. The molecule has 17 nitrogen and oxygen atoms in total. The summed E-state index contributed by atoms with van der Waals surface area (Å²) in [6.07, 6.45) is 72.3. The third-order valence-corrected chi connectivity index (χ3v) is 24.6. The number of carbonyl (C=O) groups excluding carboxylic acids is 4. The number of aliphatic hydroxyl groups is 1. The molecule has 0 spiro atoms. The molecule has 0 bridgehead atoms. The molecule has 0 aliphatic carbocycles. The van der Waals surface area contributed by atoms with E-state index in [0.717, 1.165) is 120 Å². The Labute approximate surface area is 683 Å². The quantitative estimate of drug-likeness (QED) is 0.0222. The molecule has 0 aromatic rings. The first-order valence-corrected chi connectivity index (χ1v) is 50.3. The van der Waals surface area contributed by atoms with Crippen LogP contribution in [0, 0.1) is 23.7 Å². The summed E-state index contributed by atoms with van der Waals surface area (Å²) < 4.78 is 69.1. The van der Waals surface area contributed by atoms with E-state index in [4.69, 9.17) is 37.0 Å². The number of ether oxygens (including phenoxy) is 4. The van der Waals surface area contributed by atoms with Gasteiger partial charge in [-0.2, -0.15) is 0 Å². The molecule has 111 heavy (non-hydrogen) atoms. The van der Waals surface area contributed by atoms with Crippen LogP contribution in [0.1, 0.15) is 486 Å². The fourth-order valence-electron chi connectivity index (χ4n) is 14.3. The first-order valence-electron chi connectivity index (χ1n) is 47.3. The van der Waals surface area contributed by atoms with Crippen molar-refractivity contribution in [2.75, 3.05) is 39.6 Å². The smallest absolute Gasteiger partial charge is 0.462 e. The summed E-state index contributed by atoms with van der Waals surface area (Å²) in [6, 6.07) is 0. The summed E-state index contributed by atoms with van der Waals surface area (Å²) in [5.41, 5.74) is 0. The summed E-state index contributed by atoms with van der Waals surface area (Å²) >= 11 is 0. The second kappa shape index (κ2) is 80.5. The van der Waals surface area contributed by atoms with Crippen LogP contribution in [0.15, 0.2) is 0 Å². The number of carbonyl (C=O) groups is 4. The predicted molar refractivity (Wildman–Crippen MR) is 460 cm³/mol. The van der Waals surface area contributed by atoms with Gasteiger partial charge in [-0.15, -0.1) is 0 Å². The lowest BCUT2D eigenvalue weighted by molar-refractivity contribution is -0.161. The van der Waals surface area contributed by atoms with Crippen molar-refractivity contribution in [1.82, 2.24) is 0 Å². The van der Waals surface area contributed by atoms with E-state index >= 15 is 0 Å². The van der Waals surface area contributed by atoms with E-state index < -0.39 is 97.5 Å². The van der Waals surface area contributed by atoms with Crippen LogP contribution in [0.2, 0.25) is 0 Å². The molecule has 0 aliphatic rings. The molecule has 0 aliphatic heterocycles. The number of hydrogen-bond acceptors (Lipinski definition) is 15. The van der Waals surface area contributed by atoms with Crippen molar-refractivity contribution >= 4 is 39.5 Å². The maximum atomic E-state index is 13.2. The highest BCUT2D eigenvalue weighted by atomic mass is 31.2. The van der Waals surface area contributed by atoms with Crippen molar-refractivity contribution in [1.29, 1.82) is 0 Å². The minimum Gasteiger partial charge on any atom is -0.462 e. The zero-order valence-electron chi connectivity index (χ0n) is 73.6. The molecule has 0 aromatic heterocycles. The van der Waals surface area contributed by atoms with Crippen molar-refractivity contribution in [3.63, 3.8) is 0 Å². The normalized spacial score (nSPS) is 14.6. The number of hydrogen-bond donors (Lipinski definition) is 3. The molecule has 0 rings (SSSR count). The number of rotatable bonds is 89. The van der Waals surface area contributed by atoms with Gasteiger partial charge in [0.25, 0.3) is 0 Å². The van der Waals surface area contributed by atoms with Crippen LogP contribution < -0.4 is 0 Å². The summed E-state index contributed by atoms with van der Waals surface area (Å²) in [5, 5.41) is 10.7. The van der Waals surface area contributed by atoms with Gasteiger partial charge in [-0.3, -0.25) is 37.3 Å². The van der Waals surface area contributed by atoms with Gasteiger partial charge in [-0.05, 0) is 49.4 Å². The summed E-state index contributed by atoms with van der Waals surface area (Å²) in [5.74, 6) is 1.17. The fraction of sp³-hybridized carbons (Fsp3) is 0.957. The second-order valence-corrected chi connectivity index (χ2v) is 37.2. The lowest BCUT2D eigenvalue weighted by Gasteiger charge is -2.21. The Morgan fingerprint density at radius 1 is 0.252 bits per heavy atom. The van der Waals surface area contributed by atoms with E-state index in [0.29, 0.717) is 25.7 Å². The number of esters is 4. The van der Waals surface area contributed by atoms with Gasteiger partial charge in [0.15, 0.2) is 12.2 Å². The van der Waals surface area contributed by atoms with Crippen LogP contribution in [0.3, 0.4) is 0 Å². The zero-order chi connectivity index (χ0) is 81.6. The van der Waals surface area contributed by atoms with Gasteiger partial charge < -0.3 is 33.8 Å². The Kier molecular flexibility index (Phi) is 79.1. The van der Waals surface area contributed by atoms with Crippen LogP contribution in [-0.2, 0) is 65.4 Å².